The minimum absolute atomic E-state index is 0. The van der Waals surface area contributed by atoms with Crippen molar-refractivity contribution < 1.29 is 35.4 Å². The Labute approximate surface area is 128 Å². The predicted molar refractivity (Wildman–Crippen MR) is 79.9 cm³/mol. The van der Waals surface area contributed by atoms with E-state index in [1.165, 1.54) is 6.07 Å². The van der Waals surface area contributed by atoms with Crippen LogP contribution in [0.25, 0.3) is 22.3 Å². The summed E-state index contributed by atoms with van der Waals surface area (Å²) >= 11 is 0. The van der Waals surface area contributed by atoms with Gasteiger partial charge in [0.05, 0.1) is 0 Å². The summed E-state index contributed by atoms with van der Waals surface area (Å²) in [4.78, 5) is 12.1. The molecule has 0 spiro atoms. The molecule has 8 nitrogen and oxygen atoms in total. The summed E-state index contributed by atoms with van der Waals surface area (Å²) in [6.45, 7) is 0. The predicted octanol–water partition coefficient (Wildman–Crippen LogP) is 1.16. The molecule has 0 radical (unpaired) electrons. The van der Waals surface area contributed by atoms with Crippen molar-refractivity contribution in [3.63, 3.8) is 0 Å². The zero-order valence-electron chi connectivity index (χ0n) is 11.4. The Morgan fingerprint density at radius 3 is 2.17 bits per heavy atom. The highest BCUT2D eigenvalue weighted by atomic mass is 16.4. The van der Waals surface area contributed by atoms with Crippen molar-refractivity contribution in [2.75, 3.05) is 0 Å². The fourth-order valence-corrected chi connectivity index (χ4v) is 2.14. The van der Waals surface area contributed by atoms with Crippen LogP contribution in [0.4, 0.5) is 0 Å². The maximum atomic E-state index is 12.1. The van der Waals surface area contributed by atoms with Gasteiger partial charge >= 0.3 is 0 Å². The SMILES string of the molecule is O.O=c1c(O)c(-c2ccc(O)c(O)c2)oc2cc(O)cc(O)c12. The first-order chi connectivity index (χ1) is 10.4. The molecule has 0 fully saturated rings. The standard InChI is InChI=1S/C15H10O7.H2O/c16-7-4-10(19)12-11(5-7)22-15(14(21)13(12)20)6-1-2-8(17)9(18)3-6;/h1-5,16-19,21H;1H2. The molecule has 0 saturated carbocycles. The molecular formula is C15H12O8. The van der Waals surface area contributed by atoms with Gasteiger partial charge in [-0.3, -0.25) is 4.79 Å². The number of rotatable bonds is 1. The van der Waals surface area contributed by atoms with Gasteiger partial charge in [0.1, 0.15) is 22.5 Å². The zero-order valence-corrected chi connectivity index (χ0v) is 11.4. The average molecular weight is 320 g/mol. The molecule has 120 valence electrons. The molecule has 1 aromatic heterocycles. The molecule has 3 aromatic rings. The highest BCUT2D eigenvalue weighted by molar-refractivity contribution is 5.88. The minimum atomic E-state index is -0.888. The van der Waals surface area contributed by atoms with Crippen LogP contribution in [0, 0.1) is 0 Å². The lowest BCUT2D eigenvalue weighted by Crippen LogP contribution is -2.02. The van der Waals surface area contributed by atoms with Gasteiger partial charge in [-0.05, 0) is 18.2 Å². The molecule has 0 bridgehead atoms. The Hall–Kier alpha value is -3.39. The molecule has 0 aliphatic heterocycles. The maximum Gasteiger partial charge on any atom is 0.238 e. The van der Waals surface area contributed by atoms with Crippen LogP contribution in [0.15, 0.2) is 39.5 Å². The summed E-state index contributed by atoms with van der Waals surface area (Å²) < 4.78 is 5.35. The zero-order chi connectivity index (χ0) is 16.0. The Kier molecular flexibility index (Phi) is 3.77. The number of hydrogen-bond donors (Lipinski definition) is 5. The molecule has 0 aliphatic carbocycles. The van der Waals surface area contributed by atoms with Gasteiger partial charge in [-0.2, -0.15) is 0 Å². The molecule has 23 heavy (non-hydrogen) atoms. The topological polar surface area (TPSA) is 163 Å². The van der Waals surface area contributed by atoms with E-state index in [0.717, 1.165) is 24.3 Å². The van der Waals surface area contributed by atoms with Crippen molar-refractivity contribution >= 4 is 11.0 Å². The van der Waals surface area contributed by atoms with Crippen LogP contribution in [0.5, 0.6) is 28.7 Å². The van der Waals surface area contributed by atoms with Crippen LogP contribution >= 0.6 is 0 Å². The molecule has 1 heterocycles. The van der Waals surface area contributed by atoms with E-state index in [1.807, 2.05) is 0 Å². The van der Waals surface area contributed by atoms with Crippen molar-refractivity contribution in [1.82, 2.24) is 0 Å². The lowest BCUT2D eigenvalue weighted by atomic mass is 10.1. The third kappa shape index (κ3) is 2.47. The fraction of sp³-hybridized carbons (Fsp3) is 0. The number of aromatic hydroxyl groups is 5. The Balaban J connectivity index is 0.00000192. The third-order valence-electron chi connectivity index (χ3n) is 3.17. The number of phenols is 4. The minimum Gasteiger partial charge on any atom is -0.508 e. The van der Waals surface area contributed by atoms with Crippen molar-refractivity contribution in [3.8, 4) is 40.1 Å². The van der Waals surface area contributed by atoms with E-state index in [-0.39, 0.29) is 39.3 Å². The molecular weight excluding hydrogens is 308 g/mol. The van der Waals surface area contributed by atoms with Crippen molar-refractivity contribution in [3.05, 3.63) is 40.6 Å². The summed E-state index contributed by atoms with van der Waals surface area (Å²) in [5, 5.41) is 47.6. The Bertz CT molecular complexity index is 958. The molecule has 0 aliphatic rings. The second-order valence-electron chi connectivity index (χ2n) is 4.65. The third-order valence-corrected chi connectivity index (χ3v) is 3.17. The van der Waals surface area contributed by atoms with Crippen LogP contribution in [0.2, 0.25) is 0 Å². The quantitative estimate of drug-likeness (QED) is 0.420. The smallest absolute Gasteiger partial charge is 0.238 e. The van der Waals surface area contributed by atoms with Crippen molar-refractivity contribution in [1.29, 1.82) is 0 Å². The average Bonchev–Trinajstić information content (AvgIpc) is 2.45. The van der Waals surface area contributed by atoms with E-state index >= 15 is 0 Å². The first-order valence-electron chi connectivity index (χ1n) is 6.12. The van der Waals surface area contributed by atoms with Gasteiger partial charge in [0.2, 0.25) is 11.2 Å². The van der Waals surface area contributed by atoms with Gasteiger partial charge in [-0.15, -0.1) is 0 Å². The first-order valence-corrected chi connectivity index (χ1v) is 6.12. The van der Waals surface area contributed by atoms with Crippen LogP contribution < -0.4 is 5.43 Å². The molecule has 0 atom stereocenters. The van der Waals surface area contributed by atoms with E-state index in [2.05, 4.69) is 0 Å². The van der Waals surface area contributed by atoms with Crippen LogP contribution in [-0.4, -0.2) is 31.0 Å². The molecule has 7 N–H and O–H groups in total. The summed E-state index contributed by atoms with van der Waals surface area (Å²) in [5.74, 6) is -2.71. The molecule has 0 amide bonds. The number of benzene rings is 2. The highest BCUT2D eigenvalue weighted by Crippen LogP contribution is 2.37. The number of fused-ring (bicyclic) bond motifs is 1. The van der Waals surface area contributed by atoms with E-state index in [1.54, 1.807) is 0 Å². The molecule has 8 heteroatoms. The first kappa shape index (κ1) is 16.0. The van der Waals surface area contributed by atoms with Gasteiger partial charge in [0, 0.05) is 17.7 Å². The van der Waals surface area contributed by atoms with Gasteiger partial charge in [-0.1, -0.05) is 0 Å². The maximum absolute atomic E-state index is 12.1. The molecule has 0 unspecified atom stereocenters. The normalized spacial score (nSPS) is 10.4. The fourth-order valence-electron chi connectivity index (χ4n) is 2.14. The largest absolute Gasteiger partial charge is 0.508 e. The summed E-state index contributed by atoms with van der Waals surface area (Å²) in [6.07, 6.45) is 0. The van der Waals surface area contributed by atoms with Gasteiger partial charge in [0.15, 0.2) is 17.3 Å². The molecule has 3 rings (SSSR count). The molecule has 0 saturated heterocycles. The summed E-state index contributed by atoms with van der Waals surface area (Å²) in [7, 11) is 0. The number of hydrogen-bond acceptors (Lipinski definition) is 7. The van der Waals surface area contributed by atoms with E-state index < -0.39 is 22.7 Å². The second kappa shape index (κ2) is 5.43. The highest BCUT2D eigenvalue weighted by Gasteiger charge is 2.19. The lowest BCUT2D eigenvalue weighted by molar-refractivity contribution is 0.403. The van der Waals surface area contributed by atoms with Gasteiger partial charge < -0.3 is 35.4 Å². The van der Waals surface area contributed by atoms with Crippen LogP contribution in [0.1, 0.15) is 0 Å². The summed E-state index contributed by atoms with van der Waals surface area (Å²) in [6, 6.07) is 5.64. The van der Waals surface area contributed by atoms with Crippen LogP contribution in [0.3, 0.4) is 0 Å². The van der Waals surface area contributed by atoms with Gasteiger partial charge in [0.25, 0.3) is 0 Å². The van der Waals surface area contributed by atoms with E-state index in [9.17, 15) is 30.3 Å². The van der Waals surface area contributed by atoms with Gasteiger partial charge in [-0.25, -0.2) is 0 Å². The number of phenolic OH excluding ortho intramolecular Hbond substituents is 4. The molecule has 2 aromatic carbocycles. The monoisotopic (exact) mass is 320 g/mol. The lowest BCUT2D eigenvalue weighted by Gasteiger charge is -2.08. The van der Waals surface area contributed by atoms with Crippen LogP contribution in [-0.2, 0) is 0 Å². The Morgan fingerprint density at radius 1 is 0.826 bits per heavy atom. The van der Waals surface area contributed by atoms with E-state index in [0.29, 0.717) is 0 Å². The Morgan fingerprint density at radius 2 is 1.52 bits per heavy atom. The van der Waals surface area contributed by atoms with E-state index in [4.69, 9.17) is 4.42 Å². The second-order valence-corrected chi connectivity index (χ2v) is 4.65. The van der Waals surface area contributed by atoms with Crippen molar-refractivity contribution in [2.24, 2.45) is 0 Å². The van der Waals surface area contributed by atoms with Crippen molar-refractivity contribution in [2.45, 2.75) is 0 Å². The summed E-state index contributed by atoms with van der Waals surface area (Å²) in [5.41, 5.74) is -0.890.